The maximum atomic E-state index is 11.3. The lowest BCUT2D eigenvalue weighted by atomic mass is 10.1. The summed E-state index contributed by atoms with van der Waals surface area (Å²) in [6, 6.07) is 3.58. The first-order valence-corrected chi connectivity index (χ1v) is 7.97. The van der Waals surface area contributed by atoms with Gasteiger partial charge in [0.1, 0.15) is 5.69 Å². The number of rotatable bonds is 4. The molecule has 2 rings (SSSR count). The molecular weight excluding hydrogens is 298 g/mol. The molecule has 0 saturated heterocycles. The fourth-order valence-corrected chi connectivity index (χ4v) is 3.14. The minimum atomic E-state index is -3.99. The van der Waals surface area contributed by atoms with Crippen LogP contribution in [0.3, 0.4) is 0 Å². The Hall–Kier alpha value is -1.71. The molecule has 9 heteroatoms. The first kappa shape index (κ1) is 15.7. The minimum Gasteiger partial charge on any atom is -0.393 e. The summed E-state index contributed by atoms with van der Waals surface area (Å²) in [7, 11) is -2.30. The van der Waals surface area contributed by atoms with Crippen molar-refractivity contribution in [1.29, 1.82) is 0 Å². The third kappa shape index (κ3) is 3.31. The standard InChI is InChI=1S/C12H17N3O5S/c1-14(8-2-3-9(16)6-8)11-5-4-10(21(13,19)20)7-12(11)15(17)18/h4-5,7-9,16H,2-3,6H2,1H3,(H2,13,19,20)/t8-,9-/m1/s1. The number of aliphatic hydroxyl groups excluding tert-OH is 1. The summed E-state index contributed by atoms with van der Waals surface area (Å²) >= 11 is 0. The van der Waals surface area contributed by atoms with Gasteiger partial charge in [-0.25, -0.2) is 13.6 Å². The lowest BCUT2D eigenvalue weighted by Crippen LogP contribution is -2.30. The van der Waals surface area contributed by atoms with E-state index >= 15 is 0 Å². The van der Waals surface area contributed by atoms with Gasteiger partial charge in [0.15, 0.2) is 0 Å². The van der Waals surface area contributed by atoms with Gasteiger partial charge in [0.2, 0.25) is 10.0 Å². The van der Waals surface area contributed by atoms with Crippen LogP contribution in [0.25, 0.3) is 0 Å². The van der Waals surface area contributed by atoms with Crippen LogP contribution < -0.4 is 10.0 Å². The SMILES string of the molecule is CN(c1ccc(S(N)(=O)=O)cc1[N+](=O)[O-])[C@@H]1CC[C@@H](O)C1. The Morgan fingerprint density at radius 1 is 1.43 bits per heavy atom. The Balaban J connectivity index is 2.41. The van der Waals surface area contributed by atoms with Gasteiger partial charge < -0.3 is 10.0 Å². The van der Waals surface area contributed by atoms with E-state index in [0.29, 0.717) is 18.5 Å². The molecule has 0 aromatic heterocycles. The van der Waals surface area contributed by atoms with Gasteiger partial charge in [0, 0.05) is 19.2 Å². The molecule has 2 atom stereocenters. The van der Waals surface area contributed by atoms with Gasteiger partial charge in [-0.2, -0.15) is 0 Å². The van der Waals surface area contributed by atoms with E-state index in [4.69, 9.17) is 5.14 Å². The molecule has 0 amide bonds. The number of hydrogen-bond acceptors (Lipinski definition) is 6. The highest BCUT2D eigenvalue weighted by molar-refractivity contribution is 7.89. The number of primary sulfonamides is 1. The lowest BCUT2D eigenvalue weighted by molar-refractivity contribution is -0.384. The topological polar surface area (TPSA) is 127 Å². The summed E-state index contributed by atoms with van der Waals surface area (Å²) in [5, 5.41) is 25.7. The molecular formula is C12H17N3O5S. The first-order chi connectivity index (χ1) is 9.70. The van der Waals surface area contributed by atoms with E-state index in [-0.39, 0.29) is 16.6 Å². The van der Waals surface area contributed by atoms with Crippen LogP contribution >= 0.6 is 0 Å². The number of hydrogen-bond donors (Lipinski definition) is 2. The van der Waals surface area contributed by atoms with E-state index in [9.17, 15) is 23.6 Å². The minimum absolute atomic E-state index is 0.0148. The number of nitrogens with two attached hydrogens (primary N) is 1. The Morgan fingerprint density at radius 2 is 2.10 bits per heavy atom. The number of aliphatic hydroxyl groups is 1. The van der Waals surface area contributed by atoms with Crippen molar-refractivity contribution in [2.45, 2.75) is 36.3 Å². The number of nitro groups is 1. The largest absolute Gasteiger partial charge is 0.393 e. The third-order valence-electron chi connectivity index (χ3n) is 3.78. The Bertz CT molecular complexity index is 661. The zero-order valence-electron chi connectivity index (χ0n) is 11.5. The normalized spacial score (nSPS) is 22.2. The molecule has 1 aromatic rings. The number of nitrogens with zero attached hydrogens (tertiary/aromatic N) is 2. The van der Waals surface area contributed by atoms with Crippen LogP contribution in [0, 0.1) is 10.1 Å². The van der Waals surface area contributed by atoms with Crippen LogP contribution in [0.15, 0.2) is 23.1 Å². The fraction of sp³-hybridized carbons (Fsp3) is 0.500. The van der Waals surface area contributed by atoms with Crippen LogP contribution in [0.2, 0.25) is 0 Å². The first-order valence-electron chi connectivity index (χ1n) is 6.42. The Morgan fingerprint density at radius 3 is 2.57 bits per heavy atom. The fourth-order valence-electron chi connectivity index (χ4n) is 2.61. The predicted molar refractivity (Wildman–Crippen MR) is 76.5 cm³/mol. The molecule has 0 radical (unpaired) electrons. The smallest absolute Gasteiger partial charge is 0.293 e. The van der Waals surface area contributed by atoms with Gasteiger partial charge in [-0.1, -0.05) is 0 Å². The van der Waals surface area contributed by atoms with Crippen LogP contribution in [0.4, 0.5) is 11.4 Å². The van der Waals surface area contributed by atoms with Gasteiger partial charge in [0.25, 0.3) is 5.69 Å². The summed E-state index contributed by atoms with van der Waals surface area (Å²) in [5.41, 5.74) is -0.00286. The van der Waals surface area contributed by atoms with Crippen molar-refractivity contribution in [2.24, 2.45) is 5.14 Å². The van der Waals surface area contributed by atoms with Gasteiger partial charge in [0.05, 0.1) is 15.9 Å². The maximum Gasteiger partial charge on any atom is 0.293 e. The second-order valence-electron chi connectivity index (χ2n) is 5.18. The van der Waals surface area contributed by atoms with Crippen molar-refractivity contribution < 1.29 is 18.4 Å². The monoisotopic (exact) mass is 315 g/mol. The number of anilines is 1. The third-order valence-corrected chi connectivity index (χ3v) is 4.69. The summed E-state index contributed by atoms with van der Waals surface area (Å²) in [6.07, 6.45) is 1.51. The molecule has 1 aliphatic rings. The van der Waals surface area contributed by atoms with Crippen molar-refractivity contribution >= 4 is 21.4 Å². The highest BCUT2D eigenvalue weighted by atomic mass is 32.2. The molecule has 0 spiro atoms. The zero-order chi connectivity index (χ0) is 15.8. The molecule has 21 heavy (non-hydrogen) atoms. The van der Waals surface area contributed by atoms with Crippen molar-refractivity contribution in [1.82, 2.24) is 0 Å². The van der Waals surface area contributed by atoms with Crippen LogP contribution in [0.1, 0.15) is 19.3 Å². The van der Waals surface area contributed by atoms with E-state index < -0.39 is 21.1 Å². The molecule has 3 N–H and O–H groups in total. The molecule has 116 valence electrons. The quantitative estimate of drug-likeness (QED) is 0.618. The van der Waals surface area contributed by atoms with Crippen LogP contribution in [-0.4, -0.2) is 37.6 Å². The number of sulfonamides is 1. The molecule has 0 unspecified atom stereocenters. The second kappa shape index (κ2) is 5.58. The van der Waals surface area contributed by atoms with Crippen molar-refractivity contribution in [3.63, 3.8) is 0 Å². The van der Waals surface area contributed by atoms with Crippen molar-refractivity contribution in [2.75, 3.05) is 11.9 Å². The zero-order valence-corrected chi connectivity index (χ0v) is 12.3. The Kier molecular flexibility index (Phi) is 4.17. The molecule has 1 fully saturated rings. The highest BCUT2D eigenvalue weighted by Gasteiger charge is 2.30. The van der Waals surface area contributed by atoms with Crippen LogP contribution in [-0.2, 0) is 10.0 Å². The van der Waals surface area contributed by atoms with Gasteiger partial charge in [-0.05, 0) is 31.4 Å². The van der Waals surface area contributed by atoms with Crippen molar-refractivity contribution in [3.8, 4) is 0 Å². The summed E-state index contributed by atoms with van der Waals surface area (Å²) in [5.74, 6) is 0. The average Bonchev–Trinajstić information content (AvgIpc) is 2.82. The molecule has 0 heterocycles. The van der Waals surface area contributed by atoms with Gasteiger partial charge in [-0.3, -0.25) is 10.1 Å². The summed E-state index contributed by atoms with van der Waals surface area (Å²) in [6.45, 7) is 0. The van der Waals surface area contributed by atoms with Crippen molar-refractivity contribution in [3.05, 3.63) is 28.3 Å². The van der Waals surface area contributed by atoms with E-state index in [0.717, 1.165) is 12.5 Å². The molecule has 0 aliphatic heterocycles. The second-order valence-corrected chi connectivity index (χ2v) is 6.75. The van der Waals surface area contributed by atoms with Gasteiger partial charge in [-0.15, -0.1) is 0 Å². The molecule has 1 aromatic carbocycles. The Labute approximate surface area is 122 Å². The molecule has 1 saturated carbocycles. The number of nitro benzene ring substituents is 1. The summed E-state index contributed by atoms with van der Waals surface area (Å²) in [4.78, 5) is 12.0. The molecule has 8 nitrogen and oxygen atoms in total. The van der Waals surface area contributed by atoms with E-state index in [1.807, 2.05) is 0 Å². The van der Waals surface area contributed by atoms with Gasteiger partial charge >= 0.3 is 0 Å². The molecule has 1 aliphatic carbocycles. The lowest BCUT2D eigenvalue weighted by Gasteiger charge is -2.26. The summed E-state index contributed by atoms with van der Waals surface area (Å²) < 4.78 is 22.6. The van der Waals surface area contributed by atoms with Crippen LogP contribution in [0.5, 0.6) is 0 Å². The molecule has 0 bridgehead atoms. The predicted octanol–water partition coefficient (Wildman–Crippen LogP) is 0.592. The maximum absolute atomic E-state index is 11.3. The average molecular weight is 315 g/mol. The van der Waals surface area contributed by atoms with E-state index in [1.165, 1.54) is 12.1 Å². The number of benzene rings is 1. The van der Waals surface area contributed by atoms with E-state index in [2.05, 4.69) is 0 Å². The highest BCUT2D eigenvalue weighted by Crippen LogP contribution is 2.34. The van der Waals surface area contributed by atoms with E-state index in [1.54, 1.807) is 11.9 Å².